The quantitative estimate of drug-likeness (QED) is 0.812. The molecule has 6 heteroatoms. The molecule has 0 spiro atoms. The topological polar surface area (TPSA) is 69.6 Å². The first-order valence-corrected chi connectivity index (χ1v) is 7.56. The number of nitrogens with zero attached hydrogens (tertiary/aromatic N) is 1. The molecule has 20 heavy (non-hydrogen) atoms. The standard InChI is InChI=1S/C14H22N2O3S/c1-4-16(8-7-13(17)18)14(19)15-10(2)9-12-6-5-11(3)20-12/h5-6,10H,4,7-9H2,1-3H3,(H,15,19)(H,17,18). The molecule has 0 aliphatic rings. The Bertz CT molecular complexity index is 459. The van der Waals surface area contributed by atoms with Crippen molar-refractivity contribution in [3.05, 3.63) is 21.9 Å². The zero-order valence-corrected chi connectivity index (χ0v) is 13.0. The van der Waals surface area contributed by atoms with Crippen molar-refractivity contribution in [3.63, 3.8) is 0 Å². The van der Waals surface area contributed by atoms with Crippen LogP contribution in [0.5, 0.6) is 0 Å². The molecule has 1 rings (SSSR count). The maximum atomic E-state index is 12.0. The second kappa shape index (κ2) is 7.89. The fourth-order valence-electron chi connectivity index (χ4n) is 1.88. The molecule has 2 N–H and O–H groups in total. The number of urea groups is 1. The van der Waals surface area contributed by atoms with Gasteiger partial charge in [-0.3, -0.25) is 4.79 Å². The summed E-state index contributed by atoms with van der Waals surface area (Å²) in [5, 5.41) is 11.6. The Morgan fingerprint density at radius 1 is 1.45 bits per heavy atom. The third kappa shape index (κ3) is 5.61. The Morgan fingerprint density at radius 3 is 2.65 bits per heavy atom. The zero-order valence-electron chi connectivity index (χ0n) is 12.2. The van der Waals surface area contributed by atoms with E-state index in [9.17, 15) is 9.59 Å². The van der Waals surface area contributed by atoms with Crippen molar-refractivity contribution < 1.29 is 14.7 Å². The minimum atomic E-state index is -0.890. The largest absolute Gasteiger partial charge is 0.481 e. The van der Waals surface area contributed by atoms with Crippen LogP contribution in [0.3, 0.4) is 0 Å². The maximum Gasteiger partial charge on any atom is 0.317 e. The third-order valence-electron chi connectivity index (χ3n) is 2.94. The van der Waals surface area contributed by atoms with Gasteiger partial charge < -0.3 is 15.3 Å². The molecular formula is C14H22N2O3S. The van der Waals surface area contributed by atoms with Crippen LogP contribution in [-0.2, 0) is 11.2 Å². The van der Waals surface area contributed by atoms with E-state index in [0.29, 0.717) is 6.54 Å². The molecule has 0 radical (unpaired) electrons. The number of rotatable bonds is 7. The number of amides is 2. The second-order valence-corrected chi connectivity index (χ2v) is 6.16. The Labute approximate surface area is 123 Å². The van der Waals surface area contributed by atoms with E-state index in [1.165, 1.54) is 14.7 Å². The number of aliphatic carboxylic acids is 1. The fourth-order valence-corrected chi connectivity index (χ4v) is 2.90. The number of carboxylic acids is 1. The van der Waals surface area contributed by atoms with Gasteiger partial charge in [0, 0.05) is 35.3 Å². The number of hydrogen-bond donors (Lipinski definition) is 2. The Balaban J connectivity index is 2.44. The van der Waals surface area contributed by atoms with Gasteiger partial charge in [-0.05, 0) is 32.9 Å². The summed E-state index contributed by atoms with van der Waals surface area (Å²) < 4.78 is 0. The molecular weight excluding hydrogens is 276 g/mol. The predicted octanol–water partition coefficient (Wildman–Crippen LogP) is 2.49. The molecule has 0 fully saturated rings. The van der Waals surface area contributed by atoms with Crippen LogP contribution in [0.1, 0.15) is 30.0 Å². The molecule has 0 aliphatic heterocycles. The number of aryl methyl sites for hydroxylation is 1. The smallest absolute Gasteiger partial charge is 0.317 e. The third-order valence-corrected chi connectivity index (χ3v) is 3.96. The summed E-state index contributed by atoms with van der Waals surface area (Å²) in [6.45, 7) is 6.60. The molecule has 0 bridgehead atoms. The van der Waals surface area contributed by atoms with E-state index in [4.69, 9.17) is 5.11 Å². The van der Waals surface area contributed by atoms with Gasteiger partial charge in [0.25, 0.3) is 0 Å². The van der Waals surface area contributed by atoms with Crippen LogP contribution in [0.25, 0.3) is 0 Å². The van der Waals surface area contributed by atoms with Crippen LogP contribution < -0.4 is 5.32 Å². The summed E-state index contributed by atoms with van der Waals surface area (Å²) in [4.78, 5) is 26.6. The van der Waals surface area contributed by atoms with E-state index in [-0.39, 0.29) is 25.0 Å². The van der Waals surface area contributed by atoms with Gasteiger partial charge >= 0.3 is 12.0 Å². The van der Waals surface area contributed by atoms with Crippen molar-refractivity contribution >= 4 is 23.3 Å². The van der Waals surface area contributed by atoms with Crippen molar-refractivity contribution in [3.8, 4) is 0 Å². The number of carbonyl (C=O) groups is 2. The van der Waals surface area contributed by atoms with Crippen LogP contribution in [0, 0.1) is 6.92 Å². The van der Waals surface area contributed by atoms with Crippen LogP contribution in [0.4, 0.5) is 4.79 Å². The molecule has 112 valence electrons. The molecule has 0 aromatic carbocycles. The summed E-state index contributed by atoms with van der Waals surface area (Å²) in [6.07, 6.45) is 0.764. The molecule has 1 aromatic rings. The van der Waals surface area contributed by atoms with Crippen LogP contribution >= 0.6 is 11.3 Å². The van der Waals surface area contributed by atoms with Gasteiger partial charge in [-0.2, -0.15) is 0 Å². The Morgan fingerprint density at radius 2 is 2.15 bits per heavy atom. The minimum Gasteiger partial charge on any atom is -0.481 e. The van der Waals surface area contributed by atoms with Crippen molar-refractivity contribution in [2.45, 2.75) is 39.7 Å². The zero-order chi connectivity index (χ0) is 15.1. The fraction of sp³-hybridized carbons (Fsp3) is 0.571. The number of hydrogen-bond acceptors (Lipinski definition) is 3. The van der Waals surface area contributed by atoms with Crippen molar-refractivity contribution in [2.24, 2.45) is 0 Å². The van der Waals surface area contributed by atoms with E-state index in [2.05, 4.69) is 24.4 Å². The SMILES string of the molecule is CCN(CCC(=O)O)C(=O)NC(C)Cc1ccc(C)s1. The lowest BCUT2D eigenvalue weighted by Gasteiger charge is -2.23. The lowest BCUT2D eigenvalue weighted by atomic mass is 10.2. The highest BCUT2D eigenvalue weighted by Crippen LogP contribution is 2.16. The van der Waals surface area contributed by atoms with Crippen LogP contribution in [0.2, 0.25) is 0 Å². The monoisotopic (exact) mass is 298 g/mol. The molecule has 2 amide bonds. The lowest BCUT2D eigenvalue weighted by molar-refractivity contribution is -0.137. The first-order valence-electron chi connectivity index (χ1n) is 6.75. The van der Waals surface area contributed by atoms with Gasteiger partial charge in [-0.15, -0.1) is 11.3 Å². The van der Waals surface area contributed by atoms with E-state index < -0.39 is 5.97 Å². The highest BCUT2D eigenvalue weighted by molar-refractivity contribution is 7.11. The number of carbonyl (C=O) groups excluding carboxylic acids is 1. The normalized spacial score (nSPS) is 11.9. The van der Waals surface area contributed by atoms with Crippen LogP contribution in [-0.4, -0.2) is 41.1 Å². The van der Waals surface area contributed by atoms with Crippen molar-refractivity contribution in [1.82, 2.24) is 10.2 Å². The summed E-state index contributed by atoms with van der Waals surface area (Å²) >= 11 is 1.73. The Kier molecular flexibility index (Phi) is 6.51. The molecule has 1 unspecified atom stereocenters. The Hall–Kier alpha value is -1.56. The van der Waals surface area contributed by atoms with Gasteiger partial charge in [0.2, 0.25) is 0 Å². The van der Waals surface area contributed by atoms with Gasteiger partial charge in [0.05, 0.1) is 6.42 Å². The van der Waals surface area contributed by atoms with Crippen LogP contribution in [0.15, 0.2) is 12.1 Å². The summed E-state index contributed by atoms with van der Waals surface area (Å²) in [5.41, 5.74) is 0. The molecule has 1 aromatic heterocycles. The summed E-state index contributed by atoms with van der Waals surface area (Å²) in [7, 11) is 0. The van der Waals surface area contributed by atoms with E-state index in [1.807, 2.05) is 13.8 Å². The van der Waals surface area contributed by atoms with Gasteiger partial charge in [-0.25, -0.2) is 4.79 Å². The molecule has 1 atom stereocenters. The molecule has 0 aliphatic carbocycles. The maximum absolute atomic E-state index is 12.0. The number of carboxylic acid groups (broad SMARTS) is 1. The average Bonchev–Trinajstić information content (AvgIpc) is 2.74. The first-order chi connectivity index (χ1) is 9.42. The average molecular weight is 298 g/mol. The number of thiophene rings is 1. The van der Waals surface area contributed by atoms with Crippen molar-refractivity contribution in [2.75, 3.05) is 13.1 Å². The van der Waals surface area contributed by atoms with Gasteiger partial charge in [0.1, 0.15) is 0 Å². The highest BCUT2D eigenvalue weighted by atomic mass is 32.1. The molecule has 0 saturated heterocycles. The summed E-state index contributed by atoms with van der Waals surface area (Å²) in [6, 6.07) is 3.97. The lowest BCUT2D eigenvalue weighted by Crippen LogP contribution is -2.45. The summed E-state index contributed by atoms with van der Waals surface area (Å²) in [5.74, 6) is -0.890. The molecule has 1 heterocycles. The van der Waals surface area contributed by atoms with E-state index in [1.54, 1.807) is 11.3 Å². The first kappa shape index (κ1) is 16.5. The van der Waals surface area contributed by atoms with E-state index >= 15 is 0 Å². The number of nitrogens with one attached hydrogen (secondary N) is 1. The van der Waals surface area contributed by atoms with Gasteiger partial charge in [0.15, 0.2) is 0 Å². The van der Waals surface area contributed by atoms with E-state index in [0.717, 1.165) is 6.42 Å². The highest BCUT2D eigenvalue weighted by Gasteiger charge is 2.15. The van der Waals surface area contributed by atoms with Gasteiger partial charge in [-0.1, -0.05) is 0 Å². The minimum absolute atomic E-state index is 0.0272. The second-order valence-electron chi connectivity index (χ2n) is 4.79. The predicted molar refractivity (Wildman–Crippen MR) is 80.3 cm³/mol. The molecule has 0 saturated carbocycles. The van der Waals surface area contributed by atoms with Crippen molar-refractivity contribution in [1.29, 1.82) is 0 Å². The molecule has 5 nitrogen and oxygen atoms in total.